The van der Waals surface area contributed by atoms with Gasteiger partial charge < -0.3 is 10.6 Å². The Morgan fingerprint density at radius 3 is 2.44 bits per heavy atom. The summed E-state index contributed by atoms with van der Waals surface area (Å²) >= 11 is 0. The van der Waals surface area contributed by atoms with Gasteiger partial charge >= 0.3 is 0 Å². The number of nitrogens with one attached hydrogen (secondary N) is 2. The monoisotopic (exact) mass is 341 g/mol. The van der Waals surface area contributed by atoms with Gasteiger partial charge in [0.2, 0.25) is 5.91 Å². The van der Waals surface area contributed by atoms with Gasteiger partial charge in [0.25, 0.3) is 11.6 Å². The second kappa shape index (κ2) is 7.57. The zero-order valence-electron chi connectivity index (χ0n) is 14.2. The zero-order chi connectivity index (χ0) is 18.6. The molecule has 2 rings (SSSR count). The normalized spacial score (nSPS) is 10.4. The number of hydrogen-bond donors (Lipinski definition) is 2. The maximum absolute atomic E-state index is 12.4. The largest absolute Gasteiger partial charge is 0.326 e. The molecular weight excluding hydrogens is 322 g/mol. The van der Waals surface area contributed by atoms with Gasteiger partial charge in [-0.15, -0.1) is 0 Å². The summed E-state index contributed by atoms with van der Waals surface area (Å²) in [6.45, 7) is 5.30. The molecule has 0 spiro atoms. The number of carbonyl (C=O) groups is 2. The van der Waals surface area contributed by atoms with Gasteiger partial charge in [0, 0.05) is 29.3 Å². The first kappa shape index (κ1) is 18.1. The fourth-order valence-corrected chi connectivity index (χ4v) is 2.08. The van der Waals surface area contributed by atoms with Gasteiger partial charge in [-0.2, -0.15) is 0 Å². The number of hydrogen-bond acceptors (Lipinski definition) is 4. The molecule has 7 heteroatoms. The third-order valence-electron chi connectivity index (χ3n) is 3.60. The van der Waals surface area contributed by atoms with E-state index < -0.39 is 10.8 Å². The number of aryl methyl sites for hydroxylation is 1. The lowest BCUT2D eigenvalue weighted by Crippen LogP contribution is -2.18. The van der Waals surface area contributed by atoms with E-state index in [9.17, 15) is 19.7 Å². The minimum Gasteiger partial charge on any atom is -0.326 e. The van der Waals surface area contributed by atoms with E-state index in [1.807, 2.05) is 0 Å². The molecule has 2 aromatic carbocycles. The van der Waals surface area contributed by atoms with Crippen molar-refractivity contribution in [2.24, 2.45) is 5.92 Å². The SMILES string of the molecule is Cc1ccc([N+](=O)[O-])cc1NC(=O)c1cccc(NC(=O)C(C)C)c1. The van der Waals surface area contributed by atoms with Crippen LogP contribution in [0.2, 0.25) is 0 Å². The summed E-state index contributed by atoms with van der Waals surface area (Å²) in [4.78, 5) is 34.5. The Labute approximate surface area is 145 Å². The molecule has 0 atom stereocenters. The third kappa shape index (κ3) is 4.63. The second-order valence-corrected chi connectivity index (χ2v) is 5.94. The fraction of sp³-hybridized carbons (Fsp3) is 0.222. The van der Waals surface area contributed by atoms with Crippen molar-refractivity contribution >= 4 is 28.9 Å². The van der Waals surface area contributed by atoms with Crippen LogP contribution in [0.25, 0.3) is 0 Å². The first-order valence-electron chi connectivity index (χ1n) is 7.75. The smallest absolute Gasteiger partial charge is 0.271 e. The first-order chi connectivity index (χ1) is 11.8. The number of anilines is 2. The lowest BCUT2D eigenvalue weighted by molar-refractivity contribution is -0.384. The van der Waals surface area contributed by atoms with Crippen molar-refractivity contribution in [3.63, 3.8) is 0 Å². The van der Waals surface area contributed by atoms with Crippen LogP contribution in [0, 0.1) is 23.0 Å². The van der Waals surface area contributed by atoms with Crippen molar-refractivity contribution in [2.45, 2.75) is 20.8 Å². The number of carbonyl (C=O) groups excluding carboxylic acids is 2. The minimum absolute atomic E-state index is 0.0983. The highest BCUT2D eigenvalue weighted by molar-refractivity contribution is 6.05. The van der Waals surface area contributed by atoms with Gasteiger partial charge in [0.1, 0.15) is 0 Å². The van der Waals surface area contributed by atoms with Crippen LogP contribution in [0.1, 0.15) is 29.8 Å². The van der Waals surface area contributed by atoms with Crippen molar-refractivity contribution in [3.8, 4) is 0 Å². The van der Waals surface area contributed by atoms with Gasteiger partial charge in [0.15, 0.2) is 0 Å². The summed E-state index contributed by atoms with van der Waals surface area (Å²) in [6.07, 6.45) is 0. The Kier molecular flexibility index (Phi) is 5.49. The van der Waals surface area contributed by atoms with Gasteiger partial charge in [0.05, 0.1) is 10.6 Å². The number of nitro groups is 1. The van der Waals surface area contributed by atoms with Crippen molar-refractivity contribution in [2.75, 3.05) is 10.6 Å². The van der Waals surface area contributed by atoms with E-state index in [1.165, 1.54) is 12.1 Å². The molecule has 0 saturated heterocycles. The molecule has 130 valence electrons. The Morgan fingerprint density at radius 1 is 1.08 bits per heavy atom. The van der Waals surface area contributed by atoms with Crippen LogP contribution in [-0.4, -0.2) is 16.7 Å². The predicted octanol–water partition coefficient (Wildman–Crippen LogP) is 3.75. The average molecular weight is 341 g/mol. The van der Waals surface area contributed by atoms with E-state index in [1.54, 1.807) is 51.1 Å². The van der Waals surface area contributed by atoms with Crippen molar-refractivity contribution in [3.05, 3.63) is 63.7 Å². The van der Waals surface area contributed by atoms with Crippen LogP contribution in [0.3, 0.4) is 0 Å². The quantitative estimate of drug-likeness (QED) is 0.638. The van der Waals surface area contributed by atoms with Crippen LogP contribution in [-0.2, 0) is 4.79 Å². The van der Waals surface area contributed by atoms with Crippen molar-refractivity contribution < 1.29 is 14.5 Å². The highest BCUT2D eigenvalue weighted by Gasteiger charge is 2.13. The van der Waals surface area contributed by atoms with E-state index in [2.05, 4.69) is 10.6 Å². The molecule has 0 unspecified atom stereocenters. The molecule has 0 aliphatic heterocycles. The fourth-order valence-electron chi connectivity index (χ4n) is 2.08. The van der Waals surface area contributed by atoms with Crippen LogP contribution in [0.4, 0.5) is 17.1 Å². The number of rotatable bonds is 5. The van der Waals surface area contributed by atoms with Crippen LogP contribution in [0.15, 0.2) is 42.5 Å². The predicted molar refractivity (Wildman–Crippen MR) is 95.7 cm³/mol. The molecule has 0 aliphatic rings. The van der Waals surface area contributed by atoms with Crippen LogP contribution < -0.4 is 10.6 Å². The van der Waals surface area contributed by atoms with Crippen LogP contribution in [0.5, 0.6) is 0 Å². The molecular formula is C18H19N3O4. The lowest BCUT2D eigenvalue weighted by atomic mass is 10.1. The Bertz CT molecular complexity index is 831. The number of benzene rings is 2. The van der Waals surface area contributed by atoms with E-state index in [4.69, 9.17) is 0 Å². The first-order valence-corrected chi connectivity index (χ1v) is 7.75. The number of amides is 2. The summed E-state index contributed by atoms with van der Waals surface area (Å²) in [7, 11) is 0. The van der Waals surface area contributed by atoms with Gasteiger partial charge in [-0.1, -0.05) is 26.0 Å². The van der Waals surface area contributed by atoms with Gasteiger partial charge in [-0.25, -0.2) is 0 Å². The van der Waals surface area contributed by atoms with Crippen LogP contribution >= 0.6 is 0 Å². The molecule has 0 saturated carbocycles. The topological polar surface area (TPSA) is 101 Å². The molecule has 7 nitrogen and oxygen atoms in total. The molecule has 0 aromatic heterocycles. The highest BCUT2D eigenvalue weighted by Crippen LogP contribution is 2.23. The maximum atomic E-state index is 12.4. The summed E-state index contributed by atoms with van der Waals surface area (Å²) in [6, 6.07) is 10.8. The van der Waals surface area contributed by atoms with Crippen molar-refractivity contribution in [1.29, 1.82) is 0 Å². The number of non-ortho nitro benzene ring substituents is 1. The van der Waals surface area contributed by atoms with Gasteiger partial charge in [-0.3, -0.25) is 19.7 Å². The van der Waals surface area contributed by atoms with Crippen molar-refractivity contribution in [1.82, 2.24) is 0 Å². The zero-order valence-corrected chi connectivity index (χ0v) is 14.2. The second-order valence-electron chi connectivity index (χ2n) is 5.94. The Balaban J connectivity index is 2.20. The van der Waals surface area contributed by atoms with E-state index in [0.29, 0.717) is 22.5 Å². The summed E-state index contributed by atoms with van der Waals surface area (Å²) in [5, 5.41) is 16.3. The molecule has 2 amide bonds. The molecule has 2 N–H and O–H groups in total. The standard InChI is InChI=1S/C18H19N3O4/c1-11(2)17(22)19-14-6-4-5-13(9-14)18(23)20-16-10-15(21(24)25)8-7-12(16)3/h4-11H,1-3H3,(H,19,22)(H,20,23). The molecule has 0 aliphatic carbocycles. The number of nitro benzene ring substituents is 1. The van der Waals surface area contributed by atoms with Gasteiger partial charge in [-0.05, 0) is 30.7 Å². The van der Waals surface area contributed by atoms with E-state index in [-0.39, 0.29) is 17.5 Å². The third-order valence-corrected chi connectivity index (χ3v) is 3.60. The molecule has 0 radical (unpaired) electrons. The lowest BCUT2D eigenvalue weighted by Gasteiger charge is -2.11. The average Bonchev–Trinajstić information content (AvgIpc) is 2.56. The molecule has 0 heterocycles. The minimum atomic E-state index is -0.517. The molecule has 25 heavy (non-hydrogen) atoms. The Hall–Kier alpha value is -3.22. The Morgan fingerprint density at radius 2 is 1.80 bits per heavy atom. The summed E-state index contributed by atoms with van der Waals surface area (Å²) in [5.41, 5.74) is 1.84. The molecule has 0 bridgehead atoms. The highest BCUT2D eigenvalue weighted by atomic mass is 16.6. The molecule has 2 aromatic rings. The van der Waals surface area contributed by atoms with E-state index in [0.717, 1.165) is 0 Å². The molecule has 0 fully saturated rings. The summed E-state index contributed by atoms with van der Waals surface area (Å²) in [5.74, 6) is -0.735. The van der Waals surface area contributed by atoms with E-state index >= 15 is 0 Å². The summed E-state index contributed by atoms with van der Waals surface area (Å²) < 4.78 is 0. The maximum Gasteiger partial charge on any atom is 0.271 e. The number of nitrogens with zero attached hydrogens (tertiary/aromatic N) is 1.